The van der Waals surface area contributed by atoms with Crippen LogP contribution in [0.3, 0.4) is 0 Å². The third-order valence-corrected chi connectivity index (χ3v) is 3.94. The van der Waals surface area contributed by atoms with Crippen LogP contribution in [0.1, 0.15) is 5.56 Å². The lowest BCUT2D eigenvalue weighted by Gasteiger charge is -2.08. The Labute approximate surface area is 133 Å². The van der Waals surface area contributed by atoms with Gasteiger partial charge in [-0.05, 0) is 24.3 Å². The minimum absolute atomic E-state index is 0.0400. The van der Waals surface area contributed by atoms with Gasteiger partial charge < -0.3 is 0 Å². The van der Waals surface area contributed by atoms with Gasteiger partial charge in [-0.25, -0.2) is 9.37 Å². The Morgan fingerprint density at radius 1 is 1.29 bits per heavy atom. The van der Waals surface area contributed by atoms with Gasteiger partial charge in [-0.15, -0.1) is 0 Å². The summed E-state index contributed by atoms with van der Waals surface area (Å²) in [4.78, 5) is 16.6. The average Bonchev–Trinajstić information content (AvgIpc) is 2.46. The highest BCUT2D eigenvalue weighted by Gasteiger charge is 2.09. The van der Waals surface area contributed by atoms with E-state index in [-0.39, 0.29) is 17.1 Å². The molecule has 0 N–H and O–H groups in total. The quantitative estimate of drug-likeness (QED) is 0.686. The molecule has 0 bridgehead atoms. The first kappa shape index (κ1) is 14.2. The molecule has 0 saturated carbocycles. The Morgan fingerprint density at radius 2 is 2.10 bits per heavy atom. The van der Waals surface area contributed by atoms with E-state index >= 15 is 0 Å². The third-order valence-electron chi connectivity index (χ3n) is 3.16. The zero-order valence-corrected chi connectivity index (χ0v) is 13.0. The first-order valence-corrected chi connectivity index (χ1v) is 7.31. The van der Waals surface area contributed by atoms with Crippen molar-refractivity contribution in [1.29, 1.82) is 0 Å². The molecule has 1 heterocycles. The van der Waals surface area contributed by atoms with Crippen LogP contribution in [0.4, 0.5) is 4.39 Å². The minimum atomic E-state index is -0.512. The first-order chi connectivity index (χ1) is 10.1. The summed E-state index contributed by atoms with van der Waals surface area (Å²) in [6, 6.07) is 9.95. The summed E-state index contributed by atoms with van der Waals surface area (Å²) < 4.78 is 16.1. The molecule has 0 spiro atoms. The molecule has 0 fully saturated rings. The number of hydrogen-bond acceptors (Lipinski definition) is 2. The Hall–Kier alpha value is -1.72. The second-order valence-electron chi connectivity index (χ2n) is 4.55. The van der Waals surface area contributed by atoms with Crippen molar-refractivity contribution in [3.05, 3.63) is 74.0 Å². The summed E-state index contributed by atoms with van der Waals surface area (Å²) in [5, 5.41) is 0.529. The molecule has 3 rings (SSSR count). The zero-order valence-electron chi connectivity index (χ0n) is 10.7. The van der Waals surface area contributed by atoms with E-state index in [0.717, 1.165) is 4.47 Å². The summed E-state index contributed by atoms with van der Waals surface area (Å²) in [7, 11) is 0. The summed E-state index contributed by atoms with van der Waals surface area (Å²) in [6.07, 6.45) is 1.41. The van der Waals surface area contributed by atoms with Crippen LogP contribution in [0.25, 0.3) is 10.9 Å². The second kappa shape index (κ2) is 5.58. The Kier molecular flexibility index (Phi) is 3.78. The van der Waals surface area contributed by atoms with E-state index in [9.17, 15) is 9.18 Å². The molecule has 106 valence electrons. The van der Waals surface area contributed by atoms with Crippen LogP contribution in [0.5, 0.6) is 0 Å². The number of hydrogen-bond donors (Lipinski definition) is 0. The molecule has 3 aromatic rings. The highest BCUT2D eigenvalue weighted by molar-refractivity contribution is 9.10. The van der Waals surface area contributed by atoms with Gasteiger partial charge in [0.15, 0.2) is 0 Å². The number of aromatic nitrogens is 2. The lowest BCUT2D eigenvalue weighted by atomic mass is 10.2. The molecule has 2 aromatic carbocycles. The molecule has 1 aromatic heterocycles. The highest BCUT2D eigenvalue weighted by Crippen LogP contribution is 2.19. The van der Waals surface area contributed by atoms with Gasteiger partial charge in [0.1, 0.15) is 5.82 Å². The van der Waals surface area contributed by atoms with Crippen LogP contribution in [-0.4, -0.2) is 9.55 Å². The lowest BCUT2D eigenvalue weighted by molar-refractivity contribution is 0.596. The number of fused-ring (bicyclic) bond motifs is 1. The van der Waals surface area contributed by atoms with E-state index in [1.807, 2.05) is 0 Å². The predicted octanol–water partition coefficient (Wildman–Crippen LogP) is 4.00. The van der Waals surface area contributed by atoms with Crippen molar-refractivity contribution in [3.63, 3.8) is 0 Å². The van der Waals surface area contributed by atoms with Crippen LogP contribution in [-0.2, 0) is 6.54 Å². The topological polar surface area (TPSA) is 34.9 Å². The molecule has 3 nitrogen and oxygen atoms in total. The maximum Gasteiger partial charge on any atom is 0.261 e. The van der Waals surface area contributed by atoms with E-state index in [2.05, 4.69) is 20.9 Å². The first-order valence-electron chi connectivity index (χ1n) is 6.14. The molecule has 0 aliphatic rings. The standard InChI is InChI=1S/C15H9BrClFN2O/c16-10-4-5-11-13(6-10)19-8-20(15(11)21)7-9-2-1-3-12(17)14(9)18/h1-6,8H,7H2. The molecule has 0 atom stereocenters. The zero-order chi connectivity index (χ0) is 15.0. The number of nitrogens with zero attached hydrogens (tertiary/aromatic N) is 2. The molecular weight excluding hydrogens is 359 g/mol. The fraction of sp³-hybridized carbons (Fsp3) is 0.0667. The molecule has 0 aliphatic carbocycles. The second-order valence-corrected chi connectivity index (χ2v) is 5.87. The van der Waals surface area contributed by atoms with Gasteiger partial charge in [0.05, 0.1) is 28.8 Å². The minimum Gasteiger partial charge on any atom is -0.294 e. The molecule has 21 heavy (non-hydrogen) atoms. The van der Waals surface area contributed by atoms with Crippen molar-refractivity contribution in [2.45, 2.75) is 6.54 Å². The van der Waals surface area contributed by atoms with E-state index in [0.29, 0.717) is 16.5 Å². The predicted molar refractivity (Wildman–Crippen MR) is 84.2 cm³/mol. The normalized spacial score (nSPS) is 11.0. The lowest BCUT2D eigenvalue weighted by Crippen LogP contribution is -2.21. The van der Waals surface area contributed by atoms with Crippen molar-refractivity contribution in [2.75, 3.05) is 0 Å². The van der Waals surface area contributed by atoms with Gasteiger partial charge in [-0.1, -0.05) is 39.7 Å². The highest BCUT2D eigenvalue weighted by atomic mass is 79.9. The van der Waals surface area contributed by atoms with Crippen molar-refractivity contribution >= 4 is 38.4 Å². The summed E-state index contributed by atoms with van der Waals surface area (Å²) in [5.74, 6) is -0.512. The van der Waals surface area contributed by atoms with Gasteiger partial charge in [-0.2, -0.15) is 0 Å². The van der Waals surface area contributed by atoms with E-state index < -0.39 is 5.82 Å². The van der Waals surface area contributed by atoms with Gasteiger partial charge in [-0.3, -0.25) is 9.36 Å². The summed E-state index contributed by atoms with van der Waals surface area (Å²) >= 11 is 9.08. The van der Waals surface area contributed by atoms with Gasteiger partial charge in [0, 0.05) is 10.0 Å². The molecule has 6 heteroatoms. The van der Waals surface area contributed by atoms with E-state index in [1.165, 1.54) is 17.0 Å². The maximum atomic E-state index is 13.9. The maximum absolute atomic E-state index is 13.9. The molecule has 0 unspecified atom stereocenters. The Balaban J connectivity index is 2.09. The van der Waals surface area contributed by atoms with Crippen LogP contribution >= 0.6 is 27.5 Å². The van der Waals surface area contributed by atoms with Gasteiger partial charge in [0.25, 0.3) is 5.56 Å². The largest absolute Gasteiger partial charge is 0.294 e. The van der Waals surface area contributed by atoms with Crippen LogP contribution in [0, 0.1) is 5.82 Å². The van der Waals surface area contributed by atoms with Crippen molar-refractivity contribution < 1.29 is 4.39 Å². The molecule has 0 amide bonds. The average molecular weight is 368 g/mol. The summed E-state index contributed by atoms with van der Waals surface area (Å²) in [5.41, 5.74) is 0.729. The van der Waals surface area contributed by atoms with E-state index in [4.69, 9.17) is 11.6 Å². The Morgan fingerprint density at radius 3 is 2.90 bits per heavy atom. The number of rotatable bonds is 2. The monoisotopic (exact) mass is 366 g/mol. The van der Waals surface area contributed by atoms with Gasteiger partial charge >= 0.3 is 0 Å². The van der Waals surface area contributed by atoms with Crippen LogP contribution in [0.15, 0.2) is 52.0 Å². The SMILES string of the molecule is O=c1c2ccc(Br)cc2ncn1Cc1cccc(Cl)c1F. The molecule has 0 radical (unpaired) electrons. The fourth-order valence-electron chi connectivity index (χ4n) is 2.10. The fourth-order valence-corrected chi connectivity index (χ4v) is 2.64. The van der Waals surface area contributed by atoms with Crippen LogP contribution in [0.2, 0.25) is 5.02 Å². The molecule has 0 aliphatic heterocycles. The number of benzene rings is 2. The van der Waals surface area contributed by atoms with Crippen molar-refractivity contribution in [2.24, 2.45) is 0 Å². The van der Waals surface area contributed by atoms with Gasteiger partial charge in [0.2, 0.25) is 0 Å². The van der Waals surface area contributed by atoms with Crippen molar-refractivity contribution in [3.8, 4) is 0 Å². The molecule has 0 saturated heterocycles. The molecular formula is C15H9BrClFN2O. The summed E-state index contributed by atoms with van der Waals surface area (Å²) in [6.45, 7) is 0.0875. The number of halogens is 3. The van der Waals surface area contributed by atoms with Crippen molar-refractivity contribution in [1.82, 2.24) is 9.55 Å². The van der Waals surface area contributed by atoms with Crippen LogP contribution < -0.4 is 5.56 Å². The van der Waals surface area contributed by atoms with E-state index in [1.54, 1.807) is 30.3 Å². The smallest absolute Gasteiger partial charge is 0.261 e. The third kappa shape index (κ3) is 2.71. The Bertz CT molecular complexity index is 894.